The molecule has 1 amide bonds. The summed E-state index contributed by atoms with van der Waals surface area (Å²) in [6.45, 7) is 5.05. The Labute approximate surface area is 164 Å². The van der Waals surface area contributed by atoms with Crippen LogP contribution in [0, 0.1) is 6.92 Å². The highest BCUT2D eigenvalue weighted by molar-refractivity contribution is 6.02. The number of rotatable bonds is 7. The Hall–Kier alpha value is -3.25. The van der Waals surface area contributed by atoms with Gasteiger partial charge in [-0.2, -0.15) is 0 Å². The number of aromatic nitrogens is 2. The number of carbonyl (C=O) groups is 1. The van der Waals surface area contributed by atoms with Crippen LogP contribution in [0.1, 0.15) is 34.6 Å². The van der Waals surface area contributed by atoms with Gasteiger partial charge in [-0.1, -0.05) is 48.0 Å². The molecule has 0 saturated heterocycles. The van der Waals surface area contributed by atoms with Crippen molar-refractivity contribution in [2.75, 3.05) is 23.3 Å². The summed E-state index contributed by atoms with van der Waals surface area (Å²) >= 11 is 0. The summed E-state index contributed by atoms with van der Waals surface area (Å²) < 4.78 is 0. The van der Waals surface area contributed by atoms with E-state index in [-0.39, 0.29) is 11.6 Å². The fraction of sp³-hybridized carbons (Fsp3) is 0.227. The Balaban J connectivity index is 1.66. The first kappa shape index (κ1) is 19.5. The van der Waals surface area contributed by atoms with Crippen LogP contribution in [-0.4, -0.2) is 34.3 Å². The topological polar surface area (TPSA) is 78.4 Å². The second-order valence-electron chi connectivity index (χ2n) is 6.56. The van der Waals surface area contributed by atoms with Crippen molar-refractivity contribution in [3.8, 4) is 0 Å². The minimum absolute atomic E-state index is 0.239. The Kier molecular flexibility index (Phi) is 6.34. The lowest BCUT2D eigenvalue weighted by atomic mass is 10.1. The van der Waals surface area contributed by atoms with Crippen LogP contribution < -0.4 is 10.2 Å². The Morgan fingerprint density at radius 2 is 1.75 bits per heavy atom. The number of aliphatic hydroxyl groups is 1. The molecule has 6 nitrogen and oxygen atoms in total. The van der Waals surface area contributed by atoms with Crippen LogP contribution in [0.15, 0.2) is 66.7 Å². The molecule has 3 rings (SSSR count). The van der Waals surface area contributed by atoms with Crippen molar-refractivity contribution < 1.29 is 9.90 Å². The molecule has 144 valence electrons. The molecule has 2 aromatic carbocycles. The predicted octanol–water partition coefficient (Wildman–Crippen LogP) is 3.60. The van der Waals surface area contributed by atoms with Gasteiger partial charge in [0.2, 0.25) is 0 Å². The summed E-state index contributed by atoms with van der Waals surface area (Å²) in [6, 6.07) is 20.4. The number of carbonyl (C=O) groups excluding carboxylic acids is 1. The zero-order valence-corrected chi connectivity index (χ0v) is 16.0. The number of nitrogens with one attached hydrogen (secondary N) is 1. The third-order valence-corrected chi connectivity index (χ3v) is 4.48. The normalized spacial score (nSPS) is 11.7. The molecule has 0 aliphatic rings. The Bertz CT molecular complexity index is 896. The first-order valence-corrected chi connectivity index (χ1v) is 9.26. The highest BCUT2D eigenvalue weighted by atomic mass is 16.3. The van der Waals surface area contributed by atoms with Crippen molar-refractivity contribution in [3.63, 3.8) is 0 Å². The summed E-state index contributed by atoms with van der Waals surface area (Å²) in [5.41, 5.74) is 2.95. The molecule has 0 saturated carbocycles. The Morgan fingerprint density at radius 3 is 2.36 bits per heavy atom. The first-order chi connectivity index (χ1) is 13.6. The summed E-state index contributed by atoms with van der Waals surface area (Å²) in [6.07, 6.45) is -0.636. The van der Waals surface area contributed by atoms with E-state index in [0.717, 1.165) is 11.1 Å². The molecule has 0 fully saturated rings. The number of likely N-dealkylation sites (N-methyl/N-ethyl adjacent to an activating group) is 1. The number of benzene rings is 2. The predicted molar refractivity (Wildman–Crippen MR) is 110 cm³/mol. The second kappa shape index (κ2) is 9.10. The van der Waals surface area contributed by atoms with E-state index in [1.807, 2.05) is 73.3 Å². The van der Waals surface area contributed by atoms with Crippen LogP contribution in [0.2, 0.25) is 0 Å². The monoisotopic (exact) mass is 376 g/mol. The molecule has 1 aromatic heterocycles. The summed E-state index contributed by atoms with van der Waals surface area (Å²) in [5, 5.41) is 21.5. The molecule has 1 heterocycles. The van der Waals surface area contributed by atoms with Crippen LogP contribution in [-0.2, 0) is 0 Å². The Morgan fingerprint density at radius 1 is 1.04 bits per heavy atom. The van der Waals surface area contributed by atoms with Gasteiger partial charge in [-0.3, -0.25) is 4.79 Å². The van der Waals surface area contributed by atoms with E-state index >= 15 is 0 Å². The van der Waals surface area contributed by atoms with E-state index < -0.39 is 6.10 Å². The maximum absolute atomic E-state index is 12.3. The first-order valence-electron chi connectivity index (χ1n) is 9.26. The minimum Gasteiger partial charge on any atom is -0.387 e. The molecule has 0 bridgehead atoms. The second-order valence-corrected chi connectivity index (χ2v) is 6.56. The average molecular weight is 376 g/mol. The standard InChI is InChI=1S/C22H24N4O2/c1-3-26(15-20(27)17-11-9-16(2)10-12-17)21-14-13-19(24-25-21)22(28)23-18-7-5-4-6-8-18/h4-14,20,27H,3,15H2,1-2H3,(H,23,28). The fourth-order valence-corrected chi connectivity index (χ4v) is 2.82. The van der Waals surface area contributed by atoms with Crippen molar-refractivity contribution in [1.29, 1.82) is 0 Å². The fourth-order valence-electron chi connectivity index (χ4n) is 2.82. The number of aryl methyl sites for hydroxylation is 1. The van der Waals surface area contributed by atoms with E-state index in [2.05, 4.69) is 15.5 Å². The molecule has 1 atom stereocenters. The molecule has 28 heavy (non-hydrogen) atoms. The highest BCUT2D eigenvalue weighted by Crippen LogP contribution is 2.18. The van der Waals surface area contributed by atoms with Crippen molar-refractivity contribution in [1.82, 2.24) is 10.2 Å². The number of hydrogen-bond acceptors (Lipinski definition) is 5. The summed E-state index contributed by atoms with van der Waals surface area (Å²) in [4.78, 5) is 14.2. The number of para-hydroxylation sites is 1. The highest BCUT2D eigenvalue weighted by Gasteiger charge is 2.16. The van der Waals surface area contributed by atoms with Crippen molar-refractivity contribution in [3.05, 3.63) is 83.6 Å². The number of amides is 1. The molecule has 0 radical (unpaired) electrons. The smallest absolute Gasteiger partial charge is 0.276 e. The molecule has 0 aliphatic heterocycles. The maximum Gasteiger partial charge on any atom is 0.276 e. The van der Waals surface area contributed by atoms with Gasteiger partial charge in [-0.05, 0) is 43.7 Å². The molecule has 0 spiro atoms. The zero-order valence-electron chi connectivity index (χ0n) is 16.0. The third-order valence-electron chi connectivity index (χ3n) is 4.48. The molecular weight excluding hydrogens is 352 g/mol. The minimum atomic E-state index is -0.636. The van der Waals surface area contributed by atoms with Gasteiger partial charge >= 0.3 is 0 Å². The quantitative estimate of drug-likeness (QED) is 0.659. The van der Waals surface area contributed by atoms with E-state index in [1.165, 1.54) is 0 Å². The lowest BCUT2D eigenvalue weighted by Gasteiger charge is -2.24. The lowest BCUT2D eigenvalue weighted by molar-refractivity contribution is 0.102. The third kappa shape index (κ3) is 4.92. The molecule has 1 unspecified atom stereocenters. The van der Waals surface area contributed by atoms with Crippen molar-refractivity contribution >= 4 is 17.4 Å². The molecule has 3 aromatic rings. The van der Waals surface area contributed by atoms with Crippen LogP contribution in [0.5, 0.6) is 0 Å². The maximum atomic E-state index is 12.3. The number of hydrogen-bond donors (Lipinski definition) is 2. The SMILES string of the molecule is CCN(CC(O)c1ccc(C)cc1)c1ccc(C(=O)Nc2ccccc2)nn1. The van der Waals surface area contributed by atoms with Gasteiger partial charge in [0.25, 0.3) is 5.91 Å². The molecule has 0 aliphatic carbocycles. The van der Waals surface area contributed by atoms with Crippen LogP contribution >= 0.6 is 0 Å². The van der Waals surface area contributed by atoms with E-state index in [9.17, 15) is 9.90 Å². The van der Waals surface area contributed by atoms with E-state index in [1.54, 1.807) is 12.1 Å². The summed E-state index contributed by atoms with van der Waals surface area (Å²) in [7, 11) is 0. The zero-order chi connectivity index (χ0) is 19.9. The van der Waals surface area contributed by atoms with Gasteiger partial charge in [-0.25, -0.2) is 0 Å². The molecule has 2 N–H and O–H groups in total. The lowest BCUT2D eigenvalue weighted by Crippen LogP contribution is -2.29. The molecular formula is C22H24N4O2. The van der Waals surface area contributed by atoms with Gasteiger partial charge in [0.05, 0.1) is 6.10 Å². The van der Waals surface area contributed by atoms with Gasteiger partial charge < -0.3 is 15.3 Å². The van der Waals surface area contributed by atoms with Crippen LogP contribution in [0.25, 0.3) is 0 Å². The number of aliphatic hydroxyl groups excluding tert-OH is 1. The van der Waals surface area contributed by atoms with E-state index in [4.69, 9.17) is 0 Å². The van der Waals surface area contributed by atoms with Gasteiger partial charge in [0.15, 0.2) is 11.5 Å². The van der Waals surface area contributed by atoms with Crippen molar-refractivity contribution in [2.45, 2.75) is 20.0 Å². The van der Waals surface area contributed by atoms with Crippen molar-refractivity contribution in [2.24, 2.45) is 0 Å². The molecule has 6 heteroatoms. The number of nitrogens with zero attached hydrogens (tertiary/aromatic N) is 3. The number of anilines is 2. The van der Waals surface area contributed by atoms with Crippen LogP contribution in [0.3, 0.4) is 0 Å². The largest absolute Gasteiger partial charge is 0.387 e. The average Bonchev–Trinajstić information content (AvgIpc) is 2.73. The van der Waals surface area contributed by atoms with Crippen LogP contribution in [0.4, 0.5) is 11.5 Å². The summed E-state index contributed by atoms with van der Waals surface area (Å²) in [5.74, 6) is 0.304. The van der Waals surface area contributed by atoms with E-state index in [0.29, 0.717) is 24.6 Å². The van der Waals surface area contributed by atoms with Gasteiger partial charge in [0, 0.05) is 18.8 Å². The van der Waals surface area contributed by atoms with Gasteiger partial charge in [-0.15, -0.1) is 10.2 Å². The van der Waals surface area contributed by atoms with Gasteiger partial charge in [0.1, 0.15) is 0 Å².